The van der Waals surface area contributed by atoms with Crippen LogP contribution in [0.25, 0.3) is 21.5 Å². The standard InChI is InChI=1S/C25H32ClNO3.C18H21BrO/c1-2-17-4-8-21(9-5-17)30-23-10-7-19-6-3-18(15-22(19)24(23)26)16-27-13-11-20(12-14-27)25(28)29;1-2-13-6-9-15(10-7-13)20-16-11-8-14-4-3-5-18(19)17(14)12-16/h3,6-7,10,15,17,20-21H,2,4-5,8-9,11-14,16H2,1H3,(H,28,29);3-5,8,11-13,15H,2,6-7,9-10H2,1H3/t17-,21+;13-,15+. The molecule has 268 valence electrons. The summed E-state index contributed by atoms with van der Waals surface area (Å²) in [5, 5.41) is 14.5. The van der Waals surface area contributed by atoms with Crippen molar-refractivity contribution in [2.24, 2.45) is 17.8 Å². The first-order chi connectivity index (χ1) is 24.3. The van der Waals surface area contributed by atoms with Crippen LogP contribution in [0.3, 0.4) is 0 Å². The van der Waals surface area contributed by atoms with Gasteiger partial charge in [-0.05, 0) is 141 Å². The van der Waals surface area contributed by atoms with Crippen LogP contribution < -0.4 is 9.47 Å². The van der Waals surface area contributed by atoms with Crippen molar-refractivity contribution in [3.63, 3.8) is 0 Å². The van der Waals surface area contributed by atoms with Crippen molar-refractivity contribution < 1.29 is 19.4 Å². The van der Waals surface area contributed by atoms with E-state index in [-0.39, 0.29) is 12.0 Å². The smallest absolute Gasteiger partial charge is 0.306 e. The minimum Gasteiger partial charge on any atom is -0.490 e. The first-order valence-electron chi connectivity index (χ1n) is 19.0. The highest BCUT2D eigenvalue weighted by Crippen LogP contribution is 2.37. The molecule has 5 nitrogen and oxygen atoms in total. The molecular weight excluding hydrogens is 710 g/mol. The Labute approximate surface area is 311 Å². The molecule has 1 saturated heterocycles. The number of hydrogen-bond acceptors (Lipinski definition) is 4. The summed E-state index contributed by atoms with van der Waals surface area (Å²) in [5.74, 6) is 2.70. The van der Waals surface area contributed by atoms with E-state index in [2.05, 4.69) is 95.3 Å². The average Bonchev–Trinajstić information content (AvgIpc) is 3.14. The number of rotatable bonds is 9. The first-order valence-corrected chi connectivity index (χ1v) is 20.1. The molecule has 2 saturated carbocycles. The van der Waals surface area contributed by atoms with Crippen molar-refractivity contribution in [3.8, 4) is 11.5 Å². The summed E-state index contributed by atoms with van der Waals surface area (Å²) < 4.78 is 13.6. The summed E-state index contributed by atoms with van der Waals surface area (Å²) in [6.07, 6.45) is 14.4. The number of carboxylic acid groups (broad SMARTS) is 1. The van der Waals surface area contributed by atoms with Crippen molar-refractivity contribution in [3.05, 3.63) is 81.8 Å². The Balaban J connectivity index is 0.000000187. The molecular formula is C43H53BrClNO4. The Kier molecular flexibility index (Phi) is 13.0. The van der Waals surface area contributed by atoms with Gasteiger partial charge in [-0.2, -0.15) is 0 Å². The van der Waals surface area contributed by atoms with E-state index in [1.807, 2.05) is 6.07 Å². The molecule has 7 heteroatoms. The molecule has 4 aromatic rings. The summed E-state index contributed by atoms with van der Waals surface area (Å²) in [4.78, 5) is 13.5. The molecule has 0 amide bonds. The van der Waals surface area contributed by atoms with Crippen molar-refractivity contribution >= 4 is 55.0 Å². The van der Waals surface area contributed by atoms with Crippen LogP contribution in [0.15, 0.2) is 71.2 Å². The van der Waals surface area contributed by atoms with Gasteiger partial charge in [0, 0.05) is 16.4 Å². The van der Waals surface area contributed by atoms with Crippen molar-refractivity contribution in [2.75, 3.05) is 13.1 Å². The lowest BCUT2D eigenvalue weighted by molar-refractivity contribution is -0.143. The first kappa shape index (κ1) is 37.0. The van der Waals surface area contributed by atoms with Crippen LogP contribution in [0.4, 0.5) is 0 Å². The second kappa shape index (κ2) is 17.6. The maximum absolute atomic E-state index is 11.2. The zero-order chi connectivity index (χ0) is 35.0. The van der Waals surface area contributed by atoms with Gasteiger partial charge in [-0.1, -0.05) is 90.6 Å². The second-order valence-corrected chi connectivity index (χ2v) is 16.0. The van der Waals surface area contributed by atoms with Gasteiger partial charge in [-0.3, -0.25) is 9.69 Å². The Morgan fingerprint density at radius 3 is 2.00 bits per heavy atom. The van der Waals surface area contributed by atoms with Crippen LogP contribution in [-0.2, 0) is 11.3 Å². The van der Waals surface area contributed by atoms with Gasteiger partial charge in [-0.15, -0.1) is 0 Å². The largest absolute Gasteiger partial charge is 0.490 e. The molecule has 1 aliphatic heterocycles. The number of halogens is 2. The molecule has 2 aliphatic carbocycles. The van der Waals surface area contributed by atoms with E-state index in [1.54, 1.807) is 0 Å². The second-order valence-electron chi connectivity index (χ2n) is 14.8. The number of fused-ring (bicyclic) bond motifs is 2. The number of aliphatic carboxylic acids is 1. The zero-order valence-electron chi connectivity index (χ0n) is 29.7. The van der Waals surface area contributed by atoms with E-state index in [4.69, 9.17) is 21.1 Å². The molecule has 3 aliphatic rings. The highest BCUT2D eigenvalue weighted by atomic mass is 79.9. The highest BCUT2D eigenvalue weighted by molar-refractivity contribution is 9.10. The van der Waals surface area contributed by atoms with E-state index in [0.29, 0.717) is 11.1 Å². The molecule has 0 spiro atoms. The van der Waals surface area contributed by atoms with Gasteiger partial charge < -0.3 is 14.6 Å². The predicted molar refractivity (Wildman–Crippen MR) is 210 cm³/mol. The third-order valence-corrected chi connectivity index (χ3v) is 12.5. The van der Waals surface area contributed by atoms with Gasteiger partial charge in [-0.25, -0.2) is 0 Å². The lowest BCUT2D eigenvalue weighted by Gasteiger charge is -2.30. The Morgan fingerprint density at radius 1 is 0.760 bits per heavy atom. The molecule has 3 fully saturated rings. The average molecular weight is 763 g/mol. The maximum atomic E-state index is 11.2. The molecule has 0 bridgehead atoms. The van der Waals surface area contributed by atoms with Gasteiger partial charge in [0.25, 0.3) is 0 Å². The molecule has 7 rings (SSSR count). The quantitative estimate of drug-likeness (QED) is 0.184. The van der Waals surface area contributed by atoms with E-state index >= 15 is 0 Å². The monoisotopic (exact) mass is 761 g/mol. The van der Waals surface area contributed by atoms with Gasteiger partial charge >= 0.3 is 5.97 Å². The topological polar surface area (TPSA) is 59.0 Å². The SMILES string of the molecule is CC[C@H]1CC[C@@H](Oc2ccc3ccc(CN4CCC(C(=O)O)CC4)cc3c2Cl)CC1.CC[C@H]1CC[C@@H](Oc2ccc3cccc(Br)c3c2)CC1. The van der Waals surface area contributed by atoms with Crippen LogP contribution in [0.5, 0.6) is 11.5 Å². The summed E-state index contributed by atoms with van der Waals surface area (Å²) in [6.45, 7) is 7.05. The molecule has 1 N–H and O–H groups in total. The molecule has 0 radical (unpaired) electrons. The number of ether oxygens (including phenoxy) is 2. The third kappa shape index (κ3) is 9.54. The van der Waals surface area contributed by atoms with E-state index in [1.165, 1.54) is 67.7 Å². The molecule has 0 atom stereocenters. The number of piperidine rings is 1. The minimum atomic E-state index is -0.664. The predicted octanol–water partition coefficient (Wildman–Crippen LogP) is 12.1. The number of nitrogens with zero attached hydrogens (tertiary/aromatic N) is 1. The molecule has 4 aromatic carbocycles. The molecule has 1 heterocycles. The van der Waals surface area contributed by atoms with Crippen molar-refractivity contribution in [2.45, 2.75) is 110 Å². The fraction of sp³-hybridized carbons (Fsp3) is 0.512. The normalized spacial score (nSPS) is 23.3. The summed E-state index contributed by atoms with van der Waals surface area (Å²) in [6, 6.07) is 23.2. The van der Waals surface area contributed by atoms with Crippen LogP contribution in [0.2, 0.25) is 5.02 Å². The Hall–Kier alpha value is -2.80. The molecule has 50 heavy (non-hydrogen) atoms. The Bertz CT molecular complexity index is 1720. The summed E-state index contributed by atoms with van der Waals surface area (Å²) in [7, 11) is 0. The van der Waals surface area contributed by atoms with Crippen LogP contribution >= 0.6 is 27.5 Å². The summed E-state index contributed by atoms with van der Waals surface area (Å²) in [5.41, 5.74) is 1.21. The minimum absolute atomic E-state index is 0.195. The van der Waals surface area contributed by atoms with Gasteiger partial charge in [0.1, 0.15) is 11.5 Å². The van der Waals surface area contributed by atoms with Crippen LogP contribution in [0, 0.1) is 17.8 Å². The van der Waals surface area contributed by atoms with E-state index < -0.39 is 5.97 Å². The molecule has 0 unspecified atom stereocenters. The third-order valence-electron chi connectivity index (χ3n) is 11.5. The Morgan fingerprint density at radius 2 is 1.36 bits per heavy atom. The van der Waals surface area contributed by atoms with Crippen LogP contribution in [-0.4, -0.2) is 41.3 Å². The number of carbonyl (C=O) groups is 1. The van der Waals surface area contributed by atoms with Crippen molar-refractivity contribution in [1.82, 2.24) is 4.90 Å². The van der Waals surface area contributed by atoms with Crippen LogP contribution in [0.1, 0.15) is 96.5 Å². The highest BCUT2D eigenvalue weighted by Gasteiger charge is 2.25. The van der Waals surface area contributed by atoms with E-state index in [0.717, 1.165) is 83.9 Å². The van der Waals surface area contributed by atoms with Gasteiger partial charge in [0.15, 0.2) is 0 Å². The lowest BCUT2D eigenvalue weighted by Crippen LogP contribution is -2.35. The van der Waals surface area contributed by atoms with E-state index in [9.17, 15) is 9.90 Å². The molecule has 0 aromatic heterocycles. The van der Waals surface area contributed by atoms with Crippen molar-refractivity contribution in [1.29, 1.82) is 0 Å². The number of carboxylic acids is 1. The summed E-state index contributed by atoms with van der Waals surface area (Å²) >= 11 is 10.4. The fourth-order valence-electron chi connectivity index (χ4n) is 8.07. The zero-order valence-corrected chi connectivity index (χ0v) is 32.1. The van der Waals surface area contributed by atoms with Gasteiger partial charge in [0.05, 0.1) is 23.1 Å². The number of benzene rings is 4. The lowest BCUT2D eigenvalue weighted by atomic mass is 9.86. The van der Waals surface area contributed by atoms with Gasteiger partial charge in [0.2, 0.25) is 0 Å². The number of hydrogen-bond donors (Lipinski definition) is 1. The number of likely N-dealkylation sites (tertiary alicyclic amines) is 1. The fourth-order valence-corrected chi connectivity index (χ4v) is 8.84. The maximum Gasteiger partial charge on any atom is 0.306 e.